The molecule has 21 heavy (non-hydrogen) atoms. The molecule has 0 amide bonds. The first-order valence-electron chi connectivity index (χ1n) is 7.59. The average Bonchev–Trinajstić information content (AvgIpc) is 2.66. The van der Waals surface area contributed by atoms with Gasteiger partial charge in [0.05, 0.1) is 10.2 Å². The average molecular weight is 376 g/mol. The maximum absolute atomic E-state index is 6.35. The van der Waals surface area contributed by atoms with Crippen molar-refractivity contribution < 1.29 is 4.74 Å². The summed E-state index contributed by atoms with van der Waals surface area (Å²) in [6.07, 6.45) is 6.73. The van der Waals surface area contributed by atoms with Crippen molar-refractivity contribution in [3.63, 3.8) is 0 Å². The second-order valence-electron chi connectivity index (χ2n) is 6.86. The minimum Gasteiger partial charge on any atom is -0.370 e. The molecule has 1 saturated carbocycles. The van der Waals surface area contributed by atoms with Crippen LogP contribution in [0.5, 0.6) is 0 Å². The topological polar surface area (TPSA) is 35.0 Å². The Morgan fingerprint density at radius 1 is 1.10 bits per heavy atom. The Morgan fingerprint density at radius 3 is 2.14 bits per heavy atom. The molecule has 1 aliphatic rings. The Kier molecular flexibility index (Phi) is 5.32. The maximum atomic E-state index is 6.35. The summed E-state index contributed by atoms with van der Waals surface area (Å²) >= 11 is 9.88. The van der Waals surface area contributed by atoms with Gasteiger partial charge in [0, 0.05) is 12.5 Å². The molecule has 1 fully saturated rings. The van der Waals surface area contributed by atoms with Crippen molar-refractivity contribution in [2.45, 2.75) is 70.3 Å². The van der Waals surface area contributed by atoms with E-state index in [1.807, 2.05) is 0 Å². The van der Waals surface area contributed by atoms with Crippen LogP contribution in [0.25, 0.3) is 0 Å². The van der Waals surface area contributed by atoms with Crippen LogP contribution in [0.15, 0.2) is 4.47 Å². The zero-order chi connectivity index (χ0) is 15.7. The van der Waals surface area contributed by atoms with Crippen molar-refractivity contribution in [1.82, 2.24) is 9.97 Å². The fourth-order valence-corrected chi connectivity index (χ4v) is 3.88. The van der Waals surface area contributed by atoms with Gasteiger partial charge in [0.1, 0.15) is 10.8 Å². The van der Waals surface area contributed by atoms with Gasteiger partial charge in [0.25, 0.3) is 0 Å². The monoisotopic (exact) mass is 374 g/mol. The molecule has 3 nitrogen and oxygen atoms in total. The van der Waals surface area contributed by atoms with Crippen LogP contribution in [0.3, 0.4) is 0 Å². The summed E-state index contributed by atoms with van der Waals surface area (Å²) in [6.45, 7) is 6.40. The molecule has 0 bridgehead atoms. The maximum Gasteiger partial charge on any atom is 0.162 e. The van der Waals surface area contributed by atoms with E-state index in [9.17, 15) is 0 Å². The molecule has 0 atom stereocenters. The summed E-state index contributed by atoms with van der Waals surface area (Å²) in [6, 6.07) is 0. The first-order chi connectivity index (χ1) is 9.80. The number of ether oxygens (including phenoxy) is 1. The van der Waals surface area contributed by atoms with Crippen molar-refractivity contribution in [2.75, 3.05) is 7.11 Å². The summed E-state index contributed by atoms with van der Waals surface area (Å²) in [4.78, 5) is 9.38. The Labute approximate surface area is 141 Å². The Morgan fingerprint density at radius 2 is 1.67 bits per heavy atom. The number of halogens is 2. The number of hydrogen-bond acceptors (Lipinski definition) is 3. The highest BCUT2D eigenvalue weighted by molar-refractivity contribution is 9.10. The number of methoxy groups -OCH3 is 1. The molecule has 0 spiro atoms. The van der Waals surface area contributed by atoms with Crippen molar-refractivity contribution in [3.8, 4) is 0 Å². The summed E-state index contributed by atoms with van der Waals surface area (Å²) in [5.74, 6) is 0.741. The lowest BCUT2D eigenvalue weighted by atomic mass is 9.90. The van der Waals surface area contributed by atoms with Gasteiger partial charge in [-0.3, -0.25) is 0 Å². The molecule has 0 saturated heterocycles. The van der Waals surface area contributed by atoms with Crippen molar-refractivity contribution >= 4 is 27.5 Å². The molecular weight excluding hydrogens is 352 g/mol. The summed E-state index contributed by atoms with van der Waals surface area (Å²) in [5, 5.41) is 0.477. The molecule has 0 aliphatic heterocycles. The fourth-order valence-electron chi connectivity index (χ4n) is 2.94. The van der Waals surface area contributed by atoms with E-state index in [1.165, 1.54) is 12.8 Å². The zero-order valence-electron chi connectivity index (χ0n) is 13.3. The first-order valence-corrected chi connectivity index (χ1v) is 8.76. The molecule has 5 heteroatoms. The van der Waals surface area contributed by atoms with Gasteiger partial charge in [-0.05, 0) is 28.8 Å². The highest BCUT2D eigenvalue weighted by atomic mass is 79.9. The quantitative estimate of drug-likeness (QED) is 0.514. The van der Waals surface area contributed by atoms with E-state index in [2.05, 4.69) is 41.7 Å². The molecule has 1 aromatic heterocycles. The SMILES string of the molecule is COC1(c2nc(Cl)c(Br)c(C(C)(C)C)n2)CCCCCC1. The van der Waals surface area contributed by atoms with Gasteiger partial charge in [-0.15, -0.1) is 0 Å². The largest absolute Gasteiger partial charge is 0.370 e. The summed E-state index contributed by atoms with van der Waals surface area (Å²) in [7, 11) is 1.77. The molecule has 0 radical (unpaired) electrons. The minimum absolute atomic E-state index is 0.0974. The van der Waals surface area contributed by atoms with E-state index in [-0.39, 0.29) is 11.0 Å². The van der Waals surface area contributed by atoms with Crippen molar-refractivity contribution in [2.24, 2.45) is 0 Å². The van der Waals surface area contributed by atoms with E-state index in [1.54, 1.807) is 7.11 Å². The van der Waals surface area contributed by atoms with Gasteiger partial charge in [0.2, 0.25) is 0 Å². The van der Waals surface area contributed by atoms with Crippen molar-refractivity contribution in [3.05, 3.63) is 21.1 Å². The van der Waals surface area contributed by atoms with Gasteiger partial charge in [-0.1, -0.05) is 58.1 Å². The van der Waals surface area contributed by atoms with E-state index in [4.69, 9.17) is 21.3 Å². The Bertz CT molecular complexity index is 506. The number of rotatable bonds is 2. The smallest absolute Gasteiger partial charge is 0.162 e. The third kappa shape index (κ3) is 3.59. The molecule has 0 N–H and O–H groups in total. The molecule has 0 unspecified atom stereocenters. The predicted octanol–water partition coefficient (Wildman–Crippen LogP) is 5.39. The van der Waals surface area contributed by atoms with Gasteiger partial charge in [0.15, 0.2) is 5.82 Å². The van der Waals surface area contributed by atoms with Gasteiger partial charge in [-0.2, -0.15) is 0 Å². The van der Waals surface area contributed by atoms with E-state index >= 15 is 0 Å². The molecule has 1 aliphatic carbocycles. The number of aromatic nitrogens is 2. The normalized spacial score (nSPS) is 19.3. The van der Waals surface area contributed by atoms with Crippen LogP contribution in [0, 0.1) is 0 Å². The lowest BCUT2D eigenvalue weighted by Crippen LogP contribution is -2.32. The second kappa shape index (κ2) is 6.51. The van der Waals surface area contributed by atoms with Crippen molar-refractivity contribution in [1.29, 1.82) is 0 Å². The molecule has 1 heterocycles. The first kappa shape index (κ1) is 17.2. The molecular formula is C16H24BrClN2O. The van der Waals surface area contributed by atoms with Gasteiger partial charge in [-0.25, -0.2) is 9.97 Å². The van der Waals surface area contributed by atoms with Crippen LogP contribution < -0.4 is 0 Å². The van der Waals surface area contributed by atoms with E-state index < -0.39 is 0 Å². The predicted molar refractivity (Wildman–Crippen MR) is 89.8 cm³/mol. The molecule has 1 aromatic rings. The minimum atomic E-state index is -0.388. The third-order valence-electron chi connectivity index (χ3n) is 4.23. The van der Waals surface area contributed by atoms with Gasteiger partial charge >= 0.3 is 0 Å². The molecule has 118 valence electrons. The van der Waals surface area contributed by atoms with Crippen LogP contribution in [0.1, 0.15) is 70.8 Å². The van der Waals surface area contributed by atoms with Crippen LogP contribution in [-0.4, -0.2) is 17.1 Å². The standard InChI is InChI=1S/C16H24BrClN2O/c1-15(2,3)12-11(17)13(18)20-14(19-12)16(21-4)9-7-5-6-8-10-16/h5-10H2,1-4H3. The third-order valence-corrected chi connectivity index (χ3v) is 5.48. The van der Waals surface area contributed by atoms with Crippen LogP contribution in [0.4, 0.5) is 0 Å². The highest BCUT2D eigenvalue weighted by Gasteiger charge is 2.37. The van der Waals surface area contributed by atoms with E-state index in [0.29, 0.717) is 5.15 Å². The second-order valence-corrected chi connectivity index (χ2v) is 8.01. The molecule has 2 rings (SSSR count). The zero-order valence-corrected chi connectivity index (χ0v) is 15.6. The van der Waals surface area contributed by atoms with Crippen LogP contribution in [-0.2, 0) is 15.8 Å². The lowest BCUT2D eigenvalue weighted by Gasteiger charge is -2.31. The highest BCUT2D eigenvalue weighted by Crippen LogP contribution is 2.40. The lowest BCUT2D eigenvalue weighted by molar-refractivity contribution is -0.0354. The van der Waals surface area contributed by atoms with E-state index in [0.717, 1.165) is 41.7 Å². The Balaban J connectivity index is 2.54. The number of hydrogen-bond donors (Lipinski definition) is 0. The number of nitrogens with zero attached hydrogens (tertiary/aromatic N) is 2. The van der Waals surface area contributed by atoms with Gasteiger partial charge < -0.3 is 4.74 Å². The van der Waals surface area contributed by atoms with Crippen LogP contribution >= 0.6 is 27.5 Å². The fraction of sp³-hybridized carbons (Fsp3) is 0.750. The van der Waals surface area contributed by atoms with Crippen LogP contribution in [0.2, 0.25) is 5.15 Å². The molecule has 0 aromatic carbocycles. The summed E-state index contributed by atoms with van der Waals surface area (Å²) in [5.41, 5.74) is 0.457. The Hall–Kier alpha value is -0.190. The summed E-state index contributed by atoms with van der Waals surface area (Å²) < 4.78 is 6.70.